The molecule has 0 amide bonds. The number of hydrogen-bond acceptors (Lipinski definition) is 1. The summed E-state index contributed by atoms with van der Waals surface area (Å²) in [5.41, 5.74) is 2.35. The molecule has 1 aromatic rings. The molecule has 0 heterocycles. The van der Waals surface area contributed by atoms with Crippen molar-refractivity contribution in [3.63, 3.8) is 0 Å². The highest BCUT2D eigenvalue weighted by molar-refractivity contribution is 14.2. The van der Waals surface area contributed by atoms with Crippen LogP contribution in [-0.4, -0.2) is 0 Å². The summed E-state index contributed by atoms with van der Waals surface area (Å²) in [5.74, 6) is 3.04. The first kappa shape index (κ1) is 10.4. The molecule has 1 aromatic carbocycles. The van der Waals surface area contributed by atoms with E-state index < -0.39 is 0 Å². The van der Waals surface area contributed by atoms with Gasteiger partial charge in [-0.3, -0.25) is 0 Å². The van der Waals surface area contributed by atoms with Crippen LogP contribution in [0.1, 0.15) is 11.1 Å². The average molecular weight is 353 g/mol. The molecule has 0 atom stereocenters. The Bertz CT molecular complexity index is 297. The first-order chi connectivity index (χ1) is 5.86. The Hall–Kier alpha value is 0.340. The smallest absolute Gasteiger partial charge is 0.0283 e. The minimum Gasteiger partial charge on any atom is -0.0876 e. The fourth-order valence-electron chi connectivity index (χ4n) is 0.755. The molecule has 0 spiro atoms. The molecule has 3 heteroatoms. The maximum atomic E-state index is 3.39. The Balaban J connectivity index is 2.78. The monoisotopic (exact) mass is 352 g/mol. The third kappa shape index (κ3) is 3.38. The number of benzene rings is 1. The maximum Gasteiger partial charge on any atom is 0.0283 e. The quantitative estimate of drug-likeness (QED) is 0.418. The van der Waals surface area contributed by atoms with Gasteiger partial charge in [-0.05, 0) is 31.9 Å². The SMILES string of the molecule is BrCc1ccc(C#CSI)cc1. The lowest BCUT2D eigenvalue weighted by Gasteiger charge is -1.93. The maximum absolute atomic E-state index is 3.39. The average Bonchev–Trinajstić information content (AvgIpc) is 2.15. The molecule has 0 radical (unpaired) electrons. The van der Waals surface area contributed by atoms with Gasteiger partial charge in [-0.2, -0.15) is 0 Å². The van der Waals surface area contributed by atoms with Gasteiger partial charge in [-0.15, -0.1) is 0 Å². The van der Waals surface area contributed by atoms with Gasteiger partial charge in [0.15, 0.2) is 0 Å². The van der Waals surface area contributed by atoms with E-state index in [1.807, 2.05) is 12.1 Å². The van der Waals surface area contributed by atoms with Crippen LogP contribution in [-0.2, 0) is 5.33 Å². The van der Waals surface area contributed by atoms with E-state index in [9.17, 15) is 0 Å². The molecule has 0 aliphatic heterocycles. The fraction of sp³-hybridized carbons (Fsp3) is 0.111. The molecule has 0 saturated carbocycles. The summed E-state index contributed by atoms with van der Waals surface area (Å²) in [7, 11) is 1.51. The first-order valence-electron chi connectivity index (χ1n) is 3.30. The third-order valence-corrected chi connectivity index (χ3v) is 2.83. The zero-order chi connectivity index (χ0) is 8.81. The van der Waals surface area contributed by atoms with E-state index in [1.165, 1.54) is 14.5 Å². The number of halogens is 2. The van der Waals surface area contributed by atoms with E-state index in [4.69, 9.17) is 0 Å². The van der Waals surface area contributed by atoms with E-state index in [0.29, 0.717) is 0 Å². The van der Waals surface area contributed by atoms with Gasteiger partial charge in [-0.1, -0.05) is 34.0 Å². The molecule has 0 nitrogen and oxygen atoms in total. The van der Waals surface area contributed by atoms with Crippen molar-refractivity contribution in [1.29, 1.82) is 0 Å². The van der Waals surface area contributed by atoms with E-state index in [-0.39, 0.29) is 0 Å². The highest BCUT2D eigenvalue weighted by atomic mass is 127. The molecule has 0 fully saturated rings. The van der Waals surface area contributed by atoms with Crippen LogP contribution >= 0.6 is 46.1 Å². The molecule has 0 saturated heterocycles. The normalized spacial score (nSPS) is 8.83. The predicted molar refractivity (Wildman–Crippen MR) is 67.6 cm³/mol. The summed E-state index contributed by atoms with van der Waals surface area (Å²) in [4.78, 5) is 0. The van der Waals surface area contributed by atoms with Gasteiger partial charge in [0.05, 0.1) is 0 Å². The van der Waals surface area contributed by atoms with Crippen molar-refractivity contribution in [2.24, 2.45) is 0 Å². The zero-order valence-corrected chi connectivity index (χ0v) is 10.7. The van der Waals surface area contributed by atoms with Crippen molar-refractivity contribution >= 4 is 46.1 Å². The van der Waals surface area contributed by atoms with Crippen LogP contribution in [0.25, 0.3) is 0 Å². The van der Waals surface area contributed by atoms with Crippen LogP contribution in [0.3, 0.4) is 0 Å². The lowest BCUT2D eigenvalue weighted by Crippen LogP contribution is -1.77. The van der Waals surface area contributed by atoms with Gasteiger partial charge in [0.25, 0.3) is 0 Å². The summed E-state index contributed by atoms with van der Waals surface area (Å²) in [6.45, 7) is 0. The van der Waals surface area contributed by atoms with Crippen LogP contribution in [0, 0.1) is 11.2 Å². The van der Waals surface area contributed by atoms with E-state index in [2.05, 4.69) is 60.4 Å². The number of rotatable bonds is 1. The molecule has 12 heavy (non-hydrogen) atoms. The van der Waals surface area contributed by atoms with Gasteiger partial charge in [0, 0.05) is 32.1 Å². The largest absolute Gasteiger partial charge is 0.0876 e. The standard InChI is InChI=1S/C9H6BrIS/c10-7-9-3-1-8(2-4-9)5-6-12-11/h1-4H,7H2. The Labute approximate surface area is 97.2 Å². The van der Waals surface area contributed by atoms with Crippen molar-refractivity contribution in [3.05, 3.63) is 35.4 Å². The molecule has 1 rings (SSSR count). The molecular weight excluding hydrogens is 347 g/mol. The minimum absolute atomic E-state index is 0.905. The van der Waals surface area contributed by atoms with Gasteiger partial charge >= 0.3 is 0 Å². The molecule has 0 unspecified atom stereocenters. The number of hydrogen-bond donors (Lipinski definition) is 0. The Morgan fingerprint density at radius 3 is 2.50 bits per heavy atom. The van der Waals surface area contributed by atoms with Crippen molar-refractivity contribution in [2.75, 3.05) is 0 Å². The topological polar surface area (TPSA) is 0 Å². The van der Waals surface area contributed by atoms with E-state index in [0.717, 1.165) is 10.9 Å². The van der Waals surface area contributed by atoms with Crippen molar-refractivity contribution in [1.82, 2.24) is 0 Å². The lowest BCUT2D eigenvalue weighted by molar-refractivity contribution is 1.43. The van der Waals surface area contributed by atoms with Crippen LogP contribution in [0.5, 0.6) is 0 Å². The lowest BCUT2D eigenvalue weighted by atomic mass is 10.2. The molecule has 62 valence electrons. The summed E-state index contributed by atoms with van der Waals surface area (Å²) < 4.78 is 0. The van der Waals surface area contributed by atoms with Gasteiger partial charge in [0.2, 0.25) is 0 Å². The van der Waals surface area contributed by atoms with Crippen molar-refractivity contribution in [3.8, 4) is 11.2 Å². The van der Waals surface area contributed by atoms with Gasteiger partial charge in [-0.25, -0.2) is 0 Å². The van der Waals surface area contributed by atoms with Crippen molar-refractivity contribution < 1.29 is 0 Å². The van der Waals surface area contributed by atoms with Crippen LogP contribution in [0.2, 0.25) is 0 Å². The molecule has 0 aromatic heterocycles. The molecule has 0 aliphatic rings. The highest BCUT2D eigenvalue weighted by Gasteiger charge is 1.88. The molecular formula is C9H6BrIS. The van der Waals surface area contributed by atoms with Crippen molar-refractivity contribution in [2.45, 2.75) is 5.33 Å². The fourth-order valence-corrected chi connectivity index (χ4v) is 1.62. The molecule has 0 bridgehead atoms. The highest BCUT2D eigenvalue weighted by Crippen LogP contribution is 2.10. The van der Waals surface area contributed by atoms with E-state index in [1.54, 1.807) is 0 Å². The summed E-state index contributed by atoms with van der Waals surface area (Å²) in [6, 6.07) is 8.24. The number of alkyl halides is 1. The summed E-state index contributed by atoms with van der Waals surface area (Å²) in [6.07, 6.45) is 0. The Morgan fingerprint density at radius 1 is 1.33 bits per heavy atom. The molecule has 0 aliphatic carbocycles. The minimum atomic E-state index is 0.905. The summed E-state index contributed by atoms with van der Waals surface area (Å²) in [5, 5.41) is 3.85. The summed E-state index contributed by atoms with van der Waals surface area (Å²) >= 11 is 5.56. The third-order valence-electron chi connectivity index (χ3n) is 1.34. The van der Waals surface area contributed by atoms with Crippen LogP contribution in [0.15, 0.2) is 24.3 Å². The van der Waals surface area contributed by atoms with Crippen LogP contribution < -0.4 is 0 Å². The predicted octanol–water partition coefficient (Wildman–Crippen LogP) is 3.97. The zero-order valence-electron chi connectivity index (χ0n) is 6.18. The van der Waals surface area contributed by atoms with Gasteiger partial charge < -0.3 is 0 Å². The molecule has 0 N–H and O–H groups in total. The first-order valence-corrected chi connectivity index (χ1v) is 7.78. The second-order valence-corrected chi connectivity index (χ2v) is 4.38. The second kappa shape index (κ2) is 5.90. The van der Waals surface area contributed by atoms with Gasteiger partial charge in [0.1, 0.15) is 0 Å². The Morgan fingerprint density at radius 2 is 2.00 bits per heavy atom. The second-order valence-electron chi connectivity index (χ2n) is 2.13. The van der Waals surface area contributed by atoms with Crippen LogP contribution in [0.4, 0.5) is 0 Å². The Kier molecular flexibility index (Phi) is 5.12. The van der Waals surface area contributed by atoms with E-state index >= 15 is 0 Å².